The standard InChI is InChI=1S/C8H11N.BH3/c1-7(2)8-3-5-9-6-4-8;/h3-7H,1-2H3;1H3. The summed E-state index contributed by atoms with van der Waals surface area (Å²) in [4.78, 5) is 3.93. The zero-order valence-electron chi connectivity index (χ0n) is 5.83. The molecule has 0 radical (unpaired) electrons. The van der Waals surface area contributed by atoms with E-state index in [9.17, 15) is 0 Å². The Morgan fingerprint density at radius 2 is 1.70 bits per heavy atom. The van der Waals surface area contributed by atoms with Gasteiger partial charge in [-0.2, -0.15) is 0 Å². The van der Waals surface area contributed by atoms with Crippen LogP contribution in [-0.4, -0.2) is 13.4 Å². The van der Waals surface area contributed by atoms with Gasteiger partial charge in [-0.05, 0) is 23.6 Å². The van der Waals surface area contributed by atoms with Crippen molar-refractivity contribution in [3.63, 3.8) is 0 Å². The Bertz CT molecular complexity index is 172. The Morgan fingerprint density at radius 3 is 2.00 bits per heavy atom. The third kappa shape index (κ3) is 2.22. The van der Waals surface area contributed by atoms with Crippen molar-refractivity contribution in [1.29, 1.82) is 0 Å². The van der Waals surface area contributed by atoms with Gasteiger partial charge in [0.05, 0.1) is 8.41 Å². The van der Waals surface area contributed by atoms with Crippen LogP contribution in [0.15, 0.2) is 24.5 Å². The van der Waals surface area contributed by atoms with Crippen molar-refractivity contribution >= 4 is 8.41 Å². The van der Waals surface area contributed by atoms with Gasteiger partial charge in [0.25, 0.3) is 0 Å². The molecule has 0 aliphatic heterocycles. The second-order valence-corrected chi connectivity index (χ2v) is 2.44. The van der Waals surface area contributed by atoms with Crippen LogP contribution in [0.2, 0.25) is 0 Å². The molecule has 1 nitrogen and oxygen atoms in total. The fourth-order valence-corrected chi connectivity index (χ4v) is 0.748. The Hall–Kier alpha value is -0.785. The maximum Gasteiger partial charge on any atom is 0.0814 e. The minimum atomic E-state index is 0. The lowest BCUT2D eigenvalue weighted by atomic mass is 10.1. The zero-order valence-corrected chi connectivity index (χ0v) is 5.83. The van der Waals surface area contributed by atoms with E-state index in [0.717, 1.165) is 0 Å². The number of hydrogen-bond donors (Lipinski definition) is 0. The van der Waals surface area contributed by atoms with E-state index in [1.807, 2.05) is 24.5 Å². The molecule has 0 atom stereocenters. The van der Waals surface area contributed by atoms with E-state index < -0.39 is 0 Å². The summed E-state index contributed by atoms with van der Waals surface area (Å²) >= 11 is 0. The first-order chi connectivity index (χ1) is 4.30. The first-order valence-corrected chi connectivity index (χ1v) is 3.20. The molecule has 0 spiro atoms. The molecule has 2 heteroatoms. The number of nitrogens with zero attached hydrogens (tertiary/aromatic N) is 1. The Morgan fingerprint density at radius 1 is 1.20 bits per heavy atom. The van der Waals surface area contributed by atoms with Crippen LogP contribution in [0.1, 0.15) is 25.3 Å². The van der Waals surface area contributed by atoms with E-state index in [1.165, 1.54) is 5.56 Å². The largest absolute Gasteiger partial charge is 0.265 e. The summed E-state index contributed by atoms with van der Waals surface area (Å²) in [6, 6.07) is 4.09. The van der Waals surface area contributed by atoms with Crippen molar-refractivity contribution in [3.8, 4) is 0 Å². The molecule has 1 rings (SSSR count). The van der Waals surface area contributed by atoms with Crippen LogP contribution in [0.5, 0.6) is 0 Å². The fraction of sp³-hybridized carbons (Fsp3) is 0.375. The Balaban J connectivity index is 0.000000810. The first-order valence-electron chi connectivity index (χ1n) is 3.20. The van der Waals surface area contributed by atoms with Crippen molar-refractivity contribution in [3.05, 3.63) is 30.1 Å². The van der Waals surface area contributed by atoms with E-state index in [2.05, 4.69) is 18.8 Å². The van der Waals surface area contributed by atoms with Gasteiger partial charge in [0.1, 0.15) is 0 Å². The third-order valence-corrected chi connectivity index (χ3v) is 1.37. The second-order valence-electron chi connectivity index (χ2n) is 2.44. The Kier molecular flexibility index (Phi) is 3.78. The molecule has 0 amide bonds. The van der Waals surface area contributed by atoms with E-state index >= 15 is 0 Å². The molecule has 1 aromatic rings. The maximum atomic E-state index is 3.93. The molecule has 0 saturated carbocycles. The monoisotopic (exact) mass is 135 g/mol. The Labute approximate surface area is 64.1 Å². The average Bonchev–Trinajstić information content (AvgIpc) is 1.90. The molecule has 0 aliphatic rings. The third-order valence-electron chi connectivity index (χ3n) is 1.37. The number of rotatable bonds is 1. The van der Waals surface area contributed by atoms with Gasteiger partial charge in [0.15, 0.2) is 0 Å². The fourth-order valence-electron chi connectivity index (χ4n) is 0.748. The van der Waals surface area contributed by atoms with Crippen LogP contribution in [0.3, 0.4) is 0 Å². The number of hydrogen-bond acceptors (Lipinski definition) is 1. The minimum Gasteiger partial charge on any atom is -0.265 e. The number of pyridine rings is 1. The highest BCUT2D eigenvalue weighted by molar-refractivity contribution is 5.75. The lowest BCUT2D eigenvalue weighted by Gasteiger charge is -2.01. The molecule has 0 aromatic carbocycles. The van der Waals surface area contributed by atoms with Gasteiger partial charge in [-0.15, -0.1) is 0 Å². The van der Waals surface area contributed by atoms with Crippen molar-refractivity contribution in [2.75, 3.05) is 0 Å². The molecule has 1 aromatic heterocycles. The van der Waals surface area contributed by atoms with Crippen LogP contribution in [0.25, 0.3) is 0 Å². The average molecular weight is 135 g/mol. The summed E-state index contributed by atoms with van der Waals surface area (Å²) in [6.07, 6.45) is 3.66. The first kappa shape index (κ1) is 9.21. The lowest BCUT2D eigenvalue weighted by molar-refractivity contribution is 0.863. The quantitative estimate of drug-likeness (QED) is 0.524. The molecule has 0 unspecified atom stereocenters. The van der Waals surface area contributed by atoms with Crippen LogP contribution in [0.4, 0.5) is 0 Å². The maximum absolute atomic E-state index is 3.93. The summed E-state index contributed by atoms with van der Waals surface area (Å²) in [5.41, 5.74) is 1.35. The lowest BCUT2D eigenvalue weighted by Crippen LogP contribution is -1.85. The molecular formula is C8H14BN. The van der Waals surface area contributed by atoms with Crippen molar-refractivity contribution < 1.29 is 0 Å². The smallest absolute Gasteiger partial charge is 0.0814 e. The van der Waals surface area contributed by atoms with Gasteiger partial charge < -0.3 is 0 Å². The molecule has 10 heavy (non-hydrogen) atoms. The molecule has 0 aliphatic carbocycles. The van der Waals surface area contributed by atoms with E-state index in [1.54, 1.807) is 0 Å². The molecule has 0 fully saturated rings. The summed E-state index contributed by atoms with van der Waals surface area (Å²) < 4.78 is 0. The van der Waals surface area contributed by atoms with E-state index in [-0.39, 0.29) is 8.41 Å². The SMILES string of the molecule is B.CC(C)c1ccncc1. The van der Waals surface area contributed by atoms with E-state index in [0.29, 0.717) is 5.92 Å². The zero-order chi connectivity index (χ0) is 6.69. The van der Waals surface area contributed by atoms with Crippen LogP contribution >= 0.6 is 0 Å². The van der Waals surface area contributed by atoms with Crippen LogP contribution in [-0.2, 0) is 0 Å². The van der Waals surface area contributed by atoms with Gasteiger partial charge in [-0.25, -0.2) is 0 Å². The highest BCUT2D eigenvalue weighted by atomic mass is 14.6. The normalized spacial score (nSPS) is 9.10. The molecule has 0 N–H and O–H groups in total. The van der Waals surface area contributed by atoms with Crippen molar-refractivity contribution in [1.82, 2.24) is 4.98 Å². The topological polar surface area (TPSA) is 12.9 Å². The van der Waals surface area contributed by atoms with Gasteiger partial charge in [0.2, 0.25) is 0 Å². The second kappa shape index (κ2) is 4.10. The predicted molar refractivity (Wildman–Crippen MR) is 48.3 cm³/mol. The van der Waals surface area contributed by atoms with Crippen molar-refractivity contribution in [2.45, 2.75) is 19.8 Å². The molecular weight excluding hydrogens is 121 g/mol. The van der Waals surface area contributed by atoms with Crippen molar-refractivity contribution in [2.24, 2.45) is 0 Å². The van der Waals surface area contributed by atoms with Crippen LogP contribution in [0, 0.1) is 0 Å². The highest BCUT2D eigenvalue weighted by Crippen LogP contribution is 2.10. The molecule has 0 saturated heterocycles. The van der Waals surface area contributed by atoms with E-state index in [4.69, 9.17) is 0 Å². The summed E-state index contributed by atoms with van der Waals surface area (Å²) in [5.74, 6) is 0.619. The van der Waals surface area contributed by atoms with Gasteiger partial charge in [-0.3, -0.25) is 4.98 Å². The molecule has 54 valence electrons. The predicted octanol–water partition coefficient (Wildman–Crippen LogP) is 1.02. The molecule has 0 bridgehead atoms. The van der Waals surface area contributed by atoms with Gasteiger partial charge in [-0.1, -0.05) is 13.8 Å². The van der Waals surface area contributed by atoms with Gasteiger partial charge >= 0.3 is 0 Å². The highest BCUT2D eigenvalue weighted by Gasteiger charge is 1.93. The molecule has 1 heterocycles. The summed E-state index contributed by atoms with van der Waals surface area (Å²) in [6.45, 7) is 4.35. The summed E-state index contributed by atoms with van der Waals surface area (Å²) in [7, 11) is 0. The summed E-state index contributed by atoms with van der Waals surface area (Å²) in [5, 5.41) is 0. The number of aromatic nitrogens is 1. The van der Waals surface area contributed by atoms with Crippen LogP contribution < -0.4 is 0 Å². The minimum absolute atomic E-state index is 0. The van der Waals surface area contributed by atoms with Gasteiger partial charge in [0, 0.05) is 12.4 Å².